The maximum absolute atomic E-state index is 12.4. The van der Waals surface area contributed by atoms with Gasteiger partial charge in [-0.2, -0.15) is 0 Å². The van der Waals surface area contributed by atoms with E-state index in [0.29, 0.717) is 25.3 Å². The van der Waals surface area contributed by atoms with Crippen LogP contribution in [0.3, 0.4) is 0 Å². The molecule has 138 valence electrons. The van der Waals surface area contributed by atoms with E-state index in [0.717, 1.165) is 29.1 Å². The zero-order chi connectivity index (χ0) is 17.6. The average molecular weight is 353 g/mol. The first kappa shape index (κ1) is 16.4. The minimum atomic E-state index is -0.0476. The number of fused-ring (bicyclic) bond motifs is 1. The molecular formula is C22H27NO3. The van der Waals surface area contributed by atoms with E-state index in [-0.39, 0.29) is 11.5 Å². The highest BCUT2D eigenvalue weighted by molar-refractivity contribution is 5.99. The minimum absolute atomic E-state index is 0.0476. The Morgan fingerprint density at radius 3 is 2.54 bits per heavy atom. The van der Waals surface area contributed by atoms with E-state index >= 15 is 0 Å². The molecule has 6 rings (SSSR count). The van der Waals surface area contributed by atoms with Gasteiger partial charge in [0.05, 0.1) is 17.8 Å². The summed E-state index contributed by atoms with van der Waals surface area (Å²) in [6, 6.07) is 7.80. The summed E-state index contributed by atoms with van der Waals surface area (Å²) in [5.41, 5.74) is 1.76. The van der Waals surface area contributed by atoms with Crippen molar-refractivity contribution >= 4 is 12.0 Å². The highest BCUT2D eigenvalue weighted by Gasteiger charge is 2.51. The Labute approximate surface area is 154 Å². The zero-order valence-corrected chi connectivity index (χ0v) is 15.2. The summed E-state index contributed by atoms with van der Waals surface area (Å²) in [6.45, 7) is 1.51. The van der Waals surface area contributed by atoms with Crippen molar-refractivity contribution in [2.75, 3.05) is 19.8 Å². The summed E-state index contributed by atoms with van der Waals surface area (Å²) < 4.78 is 12.0. The van der Waals surface area contributed by atoms with E-state index in [1.54, 1.807) is 0 Å². The molecule has 1 aliphatic heterocycles. The van der Waals surface area contributed by atoms with E-state index < -0.39 is 0 Å². The Kier molecular flexibility index (Phi) is 4.04. The van der Waals surface area contributed by atoms with Crippen LogP contribution in [-0.4, -0.2) is 31.3 Å². The number of rotatable bonds is 5. The molecule has 1 amide bonds. The predicted octanol–water partition coefficient (Wildman–Crippen LogP) is 3.56. The number of nitrogens with one attached hydrogen (secondary N) is 1. The van der Waals surface area contributed by atoms with E-state index in [9.17, 15) is 4.79 Å². The summed E-state index contributed by atoms with van der Waals surface area (Å²) in [7, 11) is 0. The highest BCUT2D eigenvalue weighted by atomic mass is 16.5. The number of para-hydroxylation sites is 1. The lowest BCUT2D eigenvalue weighted by Crippen LogP contribution is -2.52. The molecule has 0 aromatic heterocycles. The lowest BCUT2D eigenvalue weighted by atomic mass is 9.54. The third-order valence-corrected chi connectivity index (χ3v) is 6.70. The summed E-state index contributed by atoms with van der Waals surface area (Å²) >= 11 is 0. The van der Waals surface area contributed by atoms with Gasteiger partial charge < -0.3 is 14.8 Å². The van der Waals surface area contributed by atoms with Crippen LogP contribution < -0.4 is 10.1 Å². The van der Waals surface area contributed by atoms with Gasteiger partial charge in [-0.15, -0.1) is 0 Å². The monoisotopic (exact) mass is 353 g/mol. The molecule has 4 aliphatic carbocycles. The number of ether oxygens (including phenoxy) is 2. The van der Waals surface area contributed by atoms with Crippen LogP contribution in [-0.2, 0) is 9.53 Å². The molecule has 4 nitrogen and oxygen atoms in total. The first-order chi connectivity index (χ1) is 12.7. The second-order valence-electron chi connectivity index (χ2n) is 8.70. The van der Waals surface area contributed by atoms with Crippen molar-refractivity contribution in [2.45, 2.75) is 44.1 Å². The fourth-order valence-electron chi connectivity index (χ4n) is 6.00. The van der Waals surface area contributed by atoms with Gasteiger partial charge in [-0.25, -0.2) is 0 Å². The lowest BCUT2D eigenvalue weighted by Gasteiger charge is -2.56. The number of hydrogen-bond donors (Lipinski definition) is 1. The zero-order valence-electron chi connectivity index (χ0n) is 15.2. The Balaban J connectivity index is 1.13. The van der Waals surface area contributed by atoms with Gasteiger partial charge in [0.25, 0.3) is 5.91 Å². The van der Waals surface area contributed by atoms with E-state index in [4.69, 9.17) is 9.47 Å². The quantitative estimate of drug-likeness (QED) is 0.824. The van der Waals surface area contributed by atoms with Crippen LogP contribution >= 0.6 is 0 Å². The maximum Gasteiger partial charge on any atom is 0.250 e. The Hall–Kier alpha value is -1.81. The molecule has 0 spiro atoms. The number of amides is 1. The van der Waals surface area contributed by atoms with Crippen molar-refractivity contribution in [1.82, 2.24) is 5.32 Å². The third-order valence-electron chi connectivity index (χ3n) is 6.70. The molecule has 4 fully saturated rings. The summed E-state index contributed by atoms with van der Waals surface area (Å²) in [4.78, 5) is 12.4. The standard InChI is InChI=1S/C22H27NO3/c24-21(19-10-18-3-1-2-4-20(18)25-14-19)23-5-6-26-22-11-15-7-16(12-22)9-17(8-15)13-22/h1-4,10,15-17H,5-9,11-14H2,(H,23,24). The second-order valence-corrected chi connectivity index (χ2v) is 8.70. The van der Waals surface area contributed by atoms with Gasteiger partial charge in [-0.3, -0.25) is 4.79 Å². The molecule has 0 radical (unpaired) electrons. The number of carbonyl (C=O) groups is 1. The van der Waals surface area contributed by atoms with Crippen molar-refractivity contribution in [3.05, 3.63) is 35.4 Å². The largest absolute Gasteiger partial charge is 0.488 e. The molecule has 1 N–H and O–H groups in total. The van der Waals surface area contributed by atoms with Gasteiger partial charge in [0, 0.05) is 12.1 Å². The number of benzene rings is 1. The van der Waals surface area contributed by atoms with Gasteiger partial charge >= 0.3 is 0 Å². The van der Waals surface area contributed by atoms with Crippen molar-refractivity contribution in [3.63, 3.8) is 0 Å². The van der Waals surface area contributed by atoms with Gasteiger partial charge in [0.2, 0.25) is 0 Å². The molecule has 1 heterocycles. The molecular weight excluding hydrogens is 326 g/mol. The SMILES string of the molecule is O=C(NCCOC12CC3CC(CC(C3)C1)C2)C1=Cc2ccccc2OC1. The minimum Gasteiger partial charge on any atom is -0.488 e. The Morgan fingerprint density at radius 1 is 1.12 bits per heavy atom. The summed E-state index contributed by atoms with van der Waals surface area (Å²) in [5.74, 6) is 3.46. The number of hydrogen-bond acceptors (Lipinski definition) is 3. The fraction of sp³-hybridized carbons (Fsp3) is 0.591. The lowest BCUT2D eigenvalue weighted by molar-refractivity contribution is -0.161. The van der Waals surface area contributed by atoms with Crippen LogP contribution in [0, 0.1) is 17.8 Å². The molecule has 4 bridgehead atoms. The molecule has 5 aliphatic rings. The summed E-state index contributed by atoms with van der Waals surface area (Å²) in [6.07, 6.45) is 9.92. The van der Waals surface area contributed by atoms with Crippen LogP contribution in [0.2, 0.25) is 0 Å². The van der Waals surface area contributed by atoms with Gasteiger partial charge in [0.1, 0.15) is 12.4 Å². The average Bonchev–Trinajstić information content (AvgIpc) is 2.63. The van der Waals surface area contributed by atoms with Crippen molar-refractivity contribution < 1.29 is 14.3 Å². The molecule has 0 saturated heterocycles. The van der Waals surface area contributed by atoms with Gasteiger partial charge in [-0.1, -0.05) is 18.2 Å². The summed E-state index contributed by atoms with van der Waals surface area (Å²) in [5, 5.41) is 3.00. The smallest absolute Gasteiger partial charge is 0.250 e. The first-order valence-electron chi connectivity index (χ1n) is 10.0. The van der Waals surface area contributed by atoms with E-state index in [1.807, 2.05) is 30.3 Å². The highest BCUT2D eigenvalue weighted by Crippen LogP contribution is 2.57. The second kappa shape index (κ2) is 6.41. The third kappa shape index (κ3) is 3.05. The maximum atomic E-state index is 12.4. The predicted molar refractivity (Wildman–Crippen MR) is 99.8 cm³/mol. The topological polar surface area (TPSA) is 47.6 Å². The molecule has 4 heteroatoms. The van der Waals surface area contributed by atoms with E-state index in [2.05, 4.69) is 5.32 Å². The van der Waals surface area contributed by atoms with Crippen molar-refractivity contribution in [3.8, 4) is 5.75 Å². The van der Waals surface area contributed by atoms with Crippen LogP contribution in [0.25, 0.3) is 6.08 Å². The van der Waals surface area contributed by atoms with Gasteiger partial charge in [0.15, 0.2) is 0 Å². The van der Waals surface area contributed by atoms with Crippen LogP contribution in [0.15, 0.2) is 29.8 Å². The molecule has 0 atom stereocenters. The van der Waals surface area contributed by atoms with Crippen LogP contribution in [0.5, 0.6) is 5.75 Å². The molecule has 26 heavy (non-hydrogen) atoms. The molecule has 0 unspecified atom stereocenters. The molecule has 1 aromatic rings. The van der Waals surface area contributed by atoms with E-state index in [1.165, 1.54) is 38.5 Å². The Morgan fingerprint density at radius 2 is 1.81 bits per heavy atom. The van der Waals surface area contributed by atoms with Crippen molar-refractivity contribution in [1.29, 1.82) is 0 Å². The van der Waals surface area contributed by atoms with Crippen LogP contribution in [0.1, 0.15) is 44.1 Å². The first-order valence-corrected chi connectivity index (χ1v) is 10.0. The number of carbonyl (C=O) groups excluding carboxylic acids is 1. The Bertz CT molecular complexity index is 703. The molecule has 1 aromatic carbocycles. The van der Waals surface area contributed by atoms with Gasteiger partial charge in [-0.05, 0) is 68.4 Å². The normalized spacial score (nSPS) is 34.0. The van der Waals surface area contributed by atoms with Crippen molar-refractivity contribution in [2.24, 2.45) is 17.8 Å². The fourth-order valence-corrected chi connectivity index (χ4v) is 6.00. The van der Waals surface area contributed by atoms with Crippen LogP contribution in [0.4, 0.5) is 0 Å². The molecule has 4 saturated carbocycles.